The molecular formula is C12H14FN5. The zero-order valence-corrected chi connectivity index (χ0v) is 10.0. The highest BCUT2D eigenvalue weighted by Crippen LogP contribution is 2.46. The van der Waals surface area contributed by atoms with Crippen LogP contribution in [0.15, 0.2) is 18.2 Å². The second-order valence-electron chi connectivity index (χ2n) is 4.65. The van der Waals surface area contributed by atoms with Crippen LogP contribution in [0.4, 0.5) is 10.1 Å². The number of halogens is 1. The van der Waals surface area contributed by atoms with Gasteiger partial charge in [0.15, 0.2) is 5.82 Å². The van der Waals surface area contributed by atoms with Crippen molar-refractivity contribution in [2.24, 2.45) is 5.92 Å². The third-order valence-corrected chi connectivity index (χ3v) is 3.47. The Morgan fingerprint density at radius 2 is 2.33 bits per heavy atom. The van der Waals surface area contributed by atoms with Crippen LogP contribution in [0.5, 0.6) is 0 Å². The molecule has 1 aromatic heterocycles. The minimum Gasteiger partial charge on any atom is -0.398 e. The third-order valence-electron chi connectivity index (χ3n) is 3.47. The summed E-state index contributed by atoms with van der Waals surface area (Å²) in [6.45, 7) is 2.15. The maximum atomic E-state index is 13.0. The normalized spacial score (nSPS) is 22.1. The summed E-state index contributed by atoms with van der Waals surface area (Å²) < 4.78 is 14.8. The van der Waals surface area contributed by atoms with E-state index >= 15 is 0 Å². The fourth-order valence-electron chi connectivity index (χ4n) is 2.30. The average molecular weight is 247 g/mol. The number of benzene rings is 1. The van der Waals surface area contributed by atoms with E-state index in [2.05, 4.69) is 22.4 Å². The Kier molecular flexibility index (Phi) is 2.50. The summed E-state index contributed by atoms with van der Waals surface area (Å²) in [5.41, 5.74) is 6.86. The van der Waals surface area contributed by atoms with Gasteiger partial charge in [0, 0.05) is 11.3 Å². The molecule has 0 radical (unpaired) electrons. The molecule has 1 saturated carbocycles. The minimum atomic E-state index is -0.354. The lowest BCUT2D eigenvalue weighted by molar-refractivity contribution is 0.563. The van der Waals surface area contributed by atoms with Crippen molar-refractivity contribution in [1.29, 1.82) is 0 Å². The molecule has 2 N–H and O–H groups in total. The molecule has 0 bridgehead atoms. The van der Waals surface area contributed by atoms with Gasteiger partial charge < -0.3 is 5.73 Å². The van der Waals surface area contributed by atoms with Crippen LogP contribution in [0.25, 0.3) is 11.4 Å². The number of hydrogen-bond acceptors (Lipinski definition) is 4. The molecule has 3 rings (SSSR count). The highest BCUT2D eigenvalue weighted by Gasteiger charge is 2.39. The molecule has 2 atom stereocenters. The Morgan fingerprint density at radius 1 is 1.50 bits per heavy atom. The van der Waals surface area contributed by atoms with Crippen LogP contribution in [0.3, 0.4) is 0 Å². The zero-order valence-electron chi connectivity index (χ0n) is 10.0. The van der Waals surface area contributed by atoms with Crippen molar-refractivity contribution in [1.82, 2.24) is 20.2 Å². The quantitative estimate of drug-likeness (QED) is 0.842. The van der Waals surface area contributed by atoms with Crippen molar-refractivity contribution in [3.63, 3.8) is 0 Å². The van der Waals surface area contributed by atoms with E-state index in [0.717, 1.165) is 12.8 Å². The first-order valence-corrected chi connectivity index (χ1v) is 6.04. The molecule has 0 amide bonds. The fraction of sp³-hybridized carbons (Fsp3) is 0.417. The van der Waals surface area contributed by atoms with Gasteiger partial charge in [-0.3, -0.25) is 0 Å². The van der Waals surface area contributed by atoms with Crippen molar-refractivity contribution >= 4 is 5.69 Å². The first kappa shape index (κ1) is 11.1. The van der Waals surface area contributed by atoms with Crippen LogP contribution < -0.4 is 5.73 Å². The monoisotopic (exact) mass is 247 g/mol. The smallest absolute Gasteiger partial charge is 0.184 e. The molecule has 1 aliphatic carbocycles. The number of nitrogens with two attached hydrogens (primary N) is 1. The second kappa shape index (κ2) is 4.04. The lowest BCUT2D eigenvalue weighted by Crippen LogP contribution is -2.03. The van der Waals surface area contributed by atoms with Gasteiger partial charge in [-0.05, 0) is 41.0 Å². The fourth-order valence-corrected chi connectivity index (χ4v) is 2.30. The zero-order chi connectivity index (χ0) is 12.7. The molecule has 94 valence electrons. The summed E-state index contributed by atoms with van der Waals surface area (Å²) in [6, 6.07) is 4.63. The Balaban J connectivity index is 2.00. The summed E-state index contributed by atoms with van der Waals surface area (Å²) in [5.74, 6) is 0.899. The van der Waals surface area contributed by atoms with E-state index < -0.39 is 0 Å². The molecular weight excluding hydrogens is 233 g/mol. The van der Waals surface area contributed by atoms with Crippen molar-refractivity contribution in [2.75, 3.05) is 5.73 Å². The molecule has 6 heteroatoms. The predicted molar refractivity (Wildman–Crippen MR) is 65.1 cm³/mol. The highest BCUT2D eigenvalue weighted by molar-refractivity contribution is 5.71. The number of tetrazole rings is 1. The van der Waals surface area contributed by atoms with Crippen LogP contribution in [0.1, 0.15) is 25.8 Å². The number of nitrogen functional groups attached to an aromatic ring is 1. The van der Waals surface area contributed by atoms with E-state index in [0.29, 0.717) is 29.0 Å². The first-order valence-electron chi connectivity index (χ1n) is 6.04. The summed E-state index contributed by atoms with van der Waals surface area (Å²) in [5, 5.41) is 11.7. The lowest BCUT2D eigenvalue weighted by Gasteiger charge is -2.06. The van der Waals surface area contributed by atoms with Gasteiger partial charge in [-0.25, -0.2) is 9.07 Å². The molecule has 0 spiro atoms. The number of hydrogen-bond donors (Lipinski definition) is 1. The van der Waals surface area contributed by atoms with Gasteiger partial charge in [0.2, 0.25) is 0 Å². The second-order valence-corrected chi connectivity index (χ2v) is 4.65. The van der Waals surface area contributed by atoms with E-state index in [1.54, 1.807) is 10.7 Å². The minimum absolute atomic E-state index is 0.351. The van der Waals surface area contributed by atoms with Gasteiger partial charge in [0.05, 0.1) is 6.04 Å². The van der Waals surface area contributed by atoms with Crippen molar-refractivity contribution < 1.29 is 4.39 Å². The average Bonchev–Trinajstić information content (AvgIpc) is 2.98. The molecule has 0 saturated heterocycles. The van der Waals surface area contributed by atoms with Crippen LogP contribution in [0, 0.1) is 11.7 Å². The highest BCUT2D eigenvalue weighted by atomic mass is 19.1. The number of aromatic nitrogens is 4. The van der Waals surface area contributed by atoms with E-state index in [-0.39, 0.29) is 5.82 Å². The van der Waals surface area contributed by atoms with Gasteiger partial charge in [-0.15, -0.1) is 5.10 Å². The SMILES string of the molecule is CCC1CC1n1nnnc1-c1ccc(F)cc1N. The van der Waals surface area contributed by atoms with Crippen molar-refractivity contribution in [3.05, 3.63) is 24.0 Å². The summed E-state index contributed by atoms with van der Waals surface area (Å²) >= 11 is 0. The van der Waals surface area contributed by atoms with Gasteiger partial charge in [0.1, 0.15) is 5.82 Å². The van der Waals surface area contributed by atoms with Crippen LogP contribution in [-0.4, -0.2) is 20.2 Å². The molecule has 0 aliphatic heterocycles. The first-order chi connectivity index (χ1) is 8.70. The maximum absolute atomic E-state index is 13.0. The van der Waals surface area contributed by atoms with E-state index in [1.165, 1.54) is 12.1 Å². The van der Waals surface area contributed by atoms with Gasteiger partial charge >= 0.3 is 0 Å². The molecule has 1 aromatic carbocycles. The third kappa shape index (κ3) is 1.73. The standard InChI is InChI=1S/C12H14FN5/c1-2-7-5-11(7)18-12(15-16-17-18)9-4-3-8(13)6-10(9)14/h3-4,6-7,11H,2,5,14H2,1H3. The van der Waals surface area contributed by atoms with Gasteiger partial charge in [-0.1, -0.05) is 13.3 Å². The summed E-state index contributed by atoms with van der Waals surface area (Å²) in [7, 11) is 0. The van der Waals surface area contributed by atoms with Crippen LogP contribution in [0.2, 0.25) is 0 Å². The maximum Gasteiger partial charge on any atom is 0.184 e. The number of anilines is 1. The van der Waals surface area contributed by atoms with Crippen molar-refractivity contribution in [2.45, 2.75) is 25.8 Å². The Morgan fingerprint density at radius 3 is 3.00 bits per heavy atom. The summed E-state index contributed by atoms with van der Waals surface area (Å²) in [6.07, 6.45) is 2.21. The Bertz CT molecular complexity index is 580. The molecule has 1 heterocycles. The summed E-state index contributed by atoms with van der Waals surface area (Å²) in [4.78, 5) is 0. The molecule has 2 aromatic rings. The molecule has 18 heavy (non-hydrogen) atoms. The van der Waals surface area contributed by atoms with Gasteiger partial charge in [-0.2, -0.15) is 0 Å². The predicted octanol–water partition coefficient (Wildman–Crippen LogP) is 2.03. The Labute approximate surface area is 104 Å². The largest absolute Gasteiger partial charge is 0.398 e. The van der Waals surface area contributed by atoms with E-state index in [9.17, 15) is 4.39 Å². The van der Waals surface area contributed by atoms with Gasteiger partial charge in [0.25, 0.3) is 0 Å². The molecule has 2 unspecified atom stereocenters. The Hall–Kier alpha value is -1.98. The molecule has 5 nitrogen and oxygen atoms in total. The van der Waals surface area contributed by atoms with E-state index in [4.69, 9.17) is 5.73 Å². The molecule has 1 aliphatic rings. The molecule has 1 fully saturated rings. The van der Waals surface area contributed by atoms with Crippen LogP contribution in [-0.2, 0) is 0 Å². The van der Waals surface area contributed by atoms with Crippen LogP contribution >= 0.6 is 0 Å². The number of nitrogens with zero attached hydrogens (tertiary/aromatic N) is 4. The van der Waals surface area contributed by atoms with E-state index in [1.807, 2.05) is 0 Å². The topological polar surface area (TPSA) is 69.6 Å². The van der Waals surface area contributed by atoms with Crippen molar-refractivity contribution in [3.8, 4) is 11.4 Å². The number of rotatable bonds is 3. The lowest BCUT2D eigenvalue weighted by atomic mass is 10.1.